The molecule has 94 valence electrons. The lowest BCUT2D eigenvalue weighted by Gasteiger charge is -2.05. The Morgan fingerprint density at radius 3 is 2.72 bits per heavy atom. The van der Waals surface area contributed by atoms with Crippen molar-refractivity contribution < 1.29 is 13.7 Å². The second-order valence-electron chi connectivity index (χ2n) is 3.78. The van der Waals surface area contributed by atoms with Crippen LogP contribution in [0.15, 0.2) is 22.7 Å². The maximum absolute atomic E-state index is 13.5. The predicted octanol–water partition coefficient (Wildman–Crippen LogP) is 3.34. The number of hydrogen-bond donors (Lipinski definition) is 1. The Kier molecular flexibility index (Phi) is 3.34. The molecule has 0 spiro atoms. The van der Waals surface area contributed by atoms with Gasteiger partial charge in [0.15, 0.2) is 5.76 Å². The Hall–Kier alpha value is -1.88. The molecule has 0 unspecified atom stereocenters. The number of aryl methyl sites for hydroxylation is 2. The van der Waals surface area contributed by atoms with Gasteiger partial charge in [0, 0.05) is 5.02 Å². The zero-order valence-corrected chi connectivity index (χ0v) is 10.5. The molecule has 0 aliphatic heterocycles. The van der Waals surface area contributed by atoms with E-state index in [0.29, 0.717) is 17.1 Å². The van der Waals surface area contributed by atoms with Crippen LogP contribution in [0.1, 0.15) is 21.8 Å². The zero-order valence-electron chi connectivity index (χ0n) is 9.75. The Morgan fingerprint density at radius 1 is 1.44 bits per heavy atom. The van der Waals surface area contributed by atoms with Crippen molar-refractivity contribution in [1.82, 2.24) is 5.16 Å². The number of carbonyl (C=O) groups excluding carboxylic acids is 1. The molecule has 18 heavy (non-hydrogen) atoms. The van der Waals surface area contributed by atoms with Crippen molar-refractivity contribution in [3.05, 3.63) is 46.1 Å². The van der Waals surface area contributed by atoms with Crippen molar-refractivity contribution in [2.24, 2.45) is 0 Å². The average Bonchev–Trinajstić information content (AvgIpc) is 2.60. The summed E-state index contributed by atoms with van der Waals surface area (Å²) in [5, 5.41) is 6.49. The molecule has 0 aliphatic carbocycles. The molecule has 2 rings (SSSR count). The lowest BCUT2D eigenvalue weighted by Crippen LogP contribution is -2.14. The molecule has 0 fully saturated rings. The highest BCUT2D eigenvalue weighted by molar-refractivity contribution is 6.30. The van der Waals surface area contributed by atoms with E-state index in [1.165, 1.54) is 12.1 Å². The van der Waals surface area contributed by atoms with Gasteiger partial charge in [0.2, 0.25) is 0 Å². The number of amides is 1. The number of rotatable bonds is 2. The Labute approximate surface area is 108 Å². The van der Waals surface area contributed by atoms with E-state index in [9.17, 15) is 9.18 Å². The highest BCUT2D eigenvalue weighted by Gasteiger charge is 2.16. The first-order valence-electron chi connectivity index (χ1n) is 5.18. The molecule has 1 amide bonds. The molecule has 0 aliphatic rings. The molecule has 0 saturated carbocycles. The zero-order chi connectivity index (χ0) is 13.3. The van der Waals surface area contributed by atoms with Crippen molar-refractivity contribution in [2.75, 3.05) is 5.32 Å². The average molecular weight is 269 g/mol. The van der Waals surface area contributed by atoms with Crippen LogP contribution in [0.2, 0.25) is 5.02 Å². The molecular weight excluding hydrogens is 259 g/mol. The summed E-state index contributed by atoms with van der Waals surface area (Å²) in [6, 6.07) is 3.86. The second-order valence-corrected chi connectivity index (χ2v) is 4.21. The fourth-order valence-corrected chi connectivity index (χ4v) is 1.67. The lowest BCUT2D eigenvalue weighted by atomic mass is 10.2. The highest BCUT2D eigenvalue weighted by Crippen LogP contribution is 2.21. The first kappa shape index (κ1) is 12.6. The fourth-order valence-electron chi connectivity index (χ4n) is 1.52. The van der Waals surface area contributed by atoms with Gasteiger partial charge in [-0.25, -0.2) is 4.39 Å². The third-order valence-corrected chi connectivity index (χ3v) is 2.68. The van der Waals surface area contributed by atoms with Crippen LogP contribution in [0, 0.1) is 19.7 Å². The number of anilines is 1. The van der Waals surface area contributed by atoms with Crippen molar-refractivity contribution in [1.29, 1.82) is 0 Å². The summed E-state index contributed by atoms with van der Waals surface area (Å²) in [6.45, 7) is 3.35. The molecule has 1 aromatic carbocycles. The molecule has 0 bridgehead atoms. The number of aromatic nitrogens is 1. The van der Waals surface area contributed by atoms with Gasteiger partial charge < -0.3 is 9.84 Å². The van der Waals surface area contributed by atoms with E-state index in [1.807, 2.05) is 0 Å². The smallest absolute Gasteiger partial charge is 0.258 e. The molecule has 2 aromatic rings. The van der Waals surface area contributed by atoms with Crippen LogP contribution in [-0.4, -0.2) is 11.1 Å². The van der Waals surface area contributed by atoms with Crippen molar-refractivity contribution in [3.63, 3.8) is 0 Å². The van der Waals surface area contributed by atoms with E-state index in [1.54, 1.807) is 13.8 Å². The Balaban J connectivity index is 2.28. The minimum Gasteiger partial charge on any atom is -0.359 e. The first-order valence-corrected chi connectivity index (χ1v) is 5.56. The van der Waals surface area contributed by atoms with Crippen LogP contribution in [0.4, 0.5) is 10.1 Å². The molecule has 4 nitrogen and oxygen atoms in total. The summed E-state index contributed by atoms with van der Waals surface area (Å²) in [5.41, 5.74) is 0.906. The molecule has 0 atom stereocenters. The number of nitrogens with one attached hydrogen (secondary N) is 1. The number of carbonyl (C=O) groups is 1. The number of nitrogens with zero attached hydrogens (tertiary/aromatic N) is 1. The summed E-state index contributed by atoms with van der Waals surface area (Å²) in [5.74, 6) is -0.777. The second kappa shape index (κ2) is 4.78. The van der Waals surface area contributed by atoms with E-state index in [-0.39, 0.29) is 10.6 Å². The van der Waals surface area contributed by atoms with Crippen LogP contribution >= 0.6 is 11.6 Å². The number of benzene rings is 1. The normalized spacial score (nSPS) is 10.4. The largest absolute Gasteiger partial charge is 0.359 e. The highest BCUT2D eigenvalue weighted by atomic mass is 35.5. The fraction of sp³-hybridized carbons (Fsp3) is 0.167. The summed E-state index contributed by atoms with van der Waals surface area (Å²) < 4.78 is 18.4. The quantitative estimate of drug-likeness (QED) is 0.909. The van der Waals surface area contributed by atoms with E-state index in [2.05, 4.69) is 10.5 Å². The van der Waals surface area contributed by atoms with Gasteiger partial charge in [0.05, 0.1) is 5.56 Å². The monoisotopic (exact) mass is 268 g/mol. The summed E-state index contributed by atoms with van der Waals surface area (Å²) in [7, 11) is 0. The van der Waals surface area contributed by atoms with Gasteiger partial charge in [0.25, 0.3) is 5.91 Å². The molecule has 0 saturated heterocycles. The number of halogens is 2. The van der Waals surface area contributed by atoms with Gasteiger partial charge in [-0.1, -0.05) is 16.8 Å². The SMILES string of the molecule is Cc1noc(C)c1NC(=O)c1ccc(Cl)cc1F. The van der Waals surface area contributed by atoms with Crippen molar-refractivity contribution in [2.45, 2.75) is 13.8 Å². The third-order valence-electron chi connectivity index (χ3n) is 2.45. The van der Waals surface area contributed by atoms with Gasteiger partial charge in [-0.3, -0.25) is 4.79 Å². The van der Waals surface area contributed by atoms with Crippen LogP contribution in [-0.2, 0) is 0 Å². The minimum absolute atomic E-state index is 0.0839. The Morgan fingerprint density at radius 2 is 2.17 bits per heavy atom. The van der Waals surface area contributed by atoms with E-state index < -0.39 is 11.7 Å². The van der Waals surface area contributed by atoms with Gasteiger partial charge in [0.1, 0.15) is 17.2 Å². The first-order chi connectivity index (χ1) is 8.49. The molecule has 1 N–H and O–H groups in total. The van der Waals surface area contributed by atoms with Crippen LogP contribution in [0.25, 0.3) is 0 Å². The van der Waals surface area contributed by atoms with Crippen molar-refractivity contribution in [3.8, 4) is 0 Å². The minimum atomic E-state index is -0.674. The predicted molar refractivity (Wildman–Crippen MR) is 65.3 cm³/mol. The summed E-state index contributed by atoms with van der Waals surface area (Å²) in [4.78, 5) is 11.9. The maximum Gasteiger partial charge on any atom is 0.258 e. The lowest BCUT2D eigenvalue weighted by molar-refractivity contribution is 0.102. The third kappa shape index (κ3) is 2.36. The molecular formula is C12H10ClFN2O2. The van der Waals surface area contributed by atoms with Crippen LogP contribution < -0.4 is 5.32 Å². The van der Waals surface area contributed by atoms with E-state index in [4.69, 9.17) is 16.1 Å². The van der Waals surface area contributed by atoms with E-state index >= 15 is 0 Å². The topological polar surface area (TPSA) is 55.1 Å². The van der Waals surface area contributed by atoms with Gasteiger partial charge in [-0.05, 0) is 32.0 Å². The van der Waals surface area contributed by atoms with Crippen LogP contribution in [0.3, 0.4) is 0 Å². The van der Waals surface area contributed by atoms with E-state index in [0.717, 1.165) is 6.07 Å². The van der Waals surface area contributed by atoms with Gasteiger partial charge in [-0.2, -0.15) is 0 Å². The maximum atomic E-state index is 13.5. The molecule has 1 aromatic heterocycles. The van der Waals surface area contributed by atoms with Crippen LogP contribution in [0.5, 0.6) is 0 Å². The molecule has 0 radical (unpaired) electrons. The van der Waals surface area contributed by atoms with Gasteiger partial charge >= 0.3 is 0 Å². The summed E-state index contributed by atoms with van der Waals surface area (Å²) >= 11 is 5.62. The van der Waals surface area contributed by atoms with Crippen molar-refractivity contribution >= 4 is 23.2 Å². The molecule has 1 heterocycles. The summed E-state index contributed by atoms with van der Waals surface area (Å²) in [6.07, 6.45) is 0. The number of hydrogen-bond acceptors (Lipinski definition) is 3. The standard InChI is InChI=1S/C12H10ClFN2O2/c1-6-11(7(2)18-16-6)15-12(17)9-4-3-8(13)5-10(9)14/h3-5H,1-2H3,(H,15,17). The van der Waals surface area contributed by atoms with Gasteiger partial charge in [-0.15, -0.1) is 0 Å². The Bertz CT molecular complexity index is 591. The molecule has 6 heteroatoms.